The maximum atomic E-state index is 13.6. The first-order chi connectivity index (χ1) is 19.8. The number of nitrogens with one attached hydrogen (secondary N) is 2. The van der Waals surface area contributed by atoms with Gasteiger partial charge in [0.15, 0.2) is 9.84 Å². The zero-order valence-electron chi connectivity index (χ0n) is 24.3. The van der Waals surface area contributed by atoms with E-state index in [-0.39, 0.29) is 28.9 Å². The van der Waals surface area contributed by atoms with Crippen molar-refractivity contribution in [2.24, 2.45) is 0 Å². The Morgan fingerprint density at radius 2 is 1.90 bits per heavy atom. The number of hydrogen-bond donors (Lipinski definition) is 2. The van der Waals surface area contributed by atoms with Gasteiger partial charge in [-0.25, -0.2) is 8.42 Å². The third-order valence-corrected chi connectivity index (χ3v) is 9.35. The van der Waals surface area contributed by atoms with E-state index in [9.17, 15) is 21.6 Å². The number of hydrogen-bond acceptors (Lipinski definition) is 6. The zero-order valence-corrected chi connectivity index (χ0v) is 25.1. The first-order valence-electron chi connectivity index (χ1n) is 13.8. The largest absolute Gasteiger partial charge is 0.495 e. The molecule has 1 fully saturated rings. The summed E-state index contributed by atoms with van der Waals surface area (Å²) in [6, 6.07) is 11.9. The van der Waals surface area contributed by atoms with E-state index in [0.717, 1.165) is 30.5 Å². The van der Waals surface area contributed by atoms with Crippen LogP contribution >= 0.6 is 0 Å². The number of methoxy groups -OCH3 is 1. The molecule has 1 aliphatic carbocycles. The molecular weight excluding hydrogens is 565 g/mol. The van der Waals surface area contributed by atoms with E-state index in [0.29, 0.717) is 28.4 Å². The first-order valence-corrected chi connectivity index (χ1v) is 15.4. The van der Waals surface area contributed by atoms with Crippen molar-refractivity contribution in [3.05, 3.63) is 60.3 Å². The van der Waals surface area contributed by atoms with Crippen LogP contribution in [0.2, 0.25) is 0 Å². The summed E-state index contributed by atoms with van der Waals surface area (Å²) in [5, 5.41) is 7.25. The van der Waals surface area contributed by atoms with Crippen molar-refractivity contribution in [2.45, 2.75) is 55.9 Å². The van der Waals surface area contributed by atoms with Crippen LogP contribution in [0.5, 0.6) is 5.75 Å². The van der Waals surface area contributed by atoms with E-state index in [1.165, 1.54) is 23.8 Å². The van der Waals surface area contributed by atoms with Gasteiger partial charge in [-0.2, -0.15) is 13.2 Å². The van der Waals surface area contributed by atoms with Gasteiger partial charge in [0.1, 0.15) is 12.3 Å². The zero-order chi connectivity index (χ0) is 30.7. The summed E-state index contributed by atoms with van der Waals surface area (Å²) in [6.07, 6.45) is -1.69. The Hall–Kier alpha value is -3.62. The molecule has 1 saturated carbocycles. The molecular formula is C31H37F3N4O3S. The summed E-state index contributed by atoms with van der Waals surface area (Å²) in [5.41, 5.74) is 3.03. The number of fused-ring (bicyclic) bond motifs is 1. The Balaban J connectivity index is 1.59. The van der Waals surface area contributed by atoms with Crippen LogP contribution in [0.25, 0.3) is 10.9 Å². The number of alkyl halides is 3. The van der Waals surface area contributed by atoms with Crippen molar-refractivity contribution in [3.8, 4) is 17.6 Å². The number of anilines is 2. The second kappa shape index (κ2) is 12.7. The minimum Gasteiger partial charge on any atom is -0.495 e. The monoisotopic (exact) mass is 602 g/mol. The highest BCUT2D eigenvalue weighted by atomic mass is 32.2. The molecule has 0 amide bonds. The Morgan fingerprint density at radius 3 is 2.55 bits per heavy atom. The molecule has 2 N–H and O–H groups in total. The third kappa shape index (κ3) is 7.23. The van der Waals surface area contributed by atoms with Crippen LogP contribution in [0.1, 0.15) is 31.9 Å². The summed E-state index contributed by atoms with van der Waals surface area (Å²) in [4.78, 5) is 2.34. The number of ether oxygens (including phenoxy) is 1. The Morgan fingerprint density at radius 1 is 1.14 bits per heavy atom. The minimum atomic E-state index is -4.43. The molecule has 2 aromatic carbocycles. The average Bonchev–Trinajstić information content (AvgIpc) is 3.28. The number of benzene rings is 2. The van der Waals surface area contributed by atoms with E-state index in [1.54, 1.807) is 31.2 Å². The molecule has 0 radical (unpaired) electrons. The molecule has 0 aliphatic heterocycles. The lowest BCUT2D eigenvalue weighted by atomic mass is 9.86. The lowest BCUT2D eigenvalue weighted by Crippen LogP contribution is -2.37. The van der Waals surface area contributed by atoms with Gasteiger partial charge in [0.2, 0.25) is 0 Å². The first kappa shape index (κ1) is 31.3. The molecule has 1 aromatic heterocycles. The Labute approximate surface area is 245 Å². The van der Waals surface area contributed by atoms with Gasteiger partial charge in [0, 0.05) is 29.2 Å². The summed E-state index contributed by atoms with van der Waals surface area (Å²) < 4.78 is 71.8. The summed E-state index contributed by atoms with van der Waals surface area (Å²) in [7, 11) is 2.14. The van der Waals surface area contributed by atoms with Gasteiger partial charge in [-0.1, -0.05) is 31.1 Å². The normalized spacial score (nSPS) is 17.7. The highest BCUT2D eigenvalue weighted by Crippen LogP contribution is 2.34. The van der Waals surface area contributed by atoms with Crippen molar-refractivity contribution >= 4 is 32.1 Å². The van der Waals surface area contributed by atoms with Crippen molar-refractivity contribution in [3.63, 3.8) is 0 Å². The second-order valence-electron chi connectivity index (χ2n) is 10.6. The molecule has 1 heterocycles. The van der Waals surface area contributed by atoms with Gasteiger partial charge in [0.25, 0.3) is 0 Å². The minimum absolute atomic E-state index is 0.0326. The third-order valence-electron chi connectivity index (χ3n) is 7.62. The number of nitrogens with zero attached hydrogens (tertiary/aromatic N) is 2. The van der Waals surface area contributed by atoms with Gasteiger partial charge < -0.3 is 24.8 Å². The second-order valence-corrected chi connectivity index (χ2v) is 12.9. The van der Waals surface area contributed by atoms with Crippen LogP contribution in [0.15, 0.2) is 59.5 Å². The molecule has 226 valence electrons. The van der Waals surface area contributed by atoms with Crippen molar-refractivity contribution in [2.75, 3.05) is 44.1 Å². The molecule has 42 heavy (non-hydrogen) atoms. The molecule has 0 unspecified atom stereocenters. The molecule has 2 atom stereocenters. The predicted molar refractivity (Wildman–Crippen MR) is 162 cm³/mol. The molecule has 1 aliphatic rings. The maximum Gasteiger partial charge on any atom is 0.406 e. The predicted octanol–water partition coefficient (Wildman–Crippen LogP) is 5.92. The fourth-order valence-corrected chi connectivity index (χ4v) is 6.12. The summed E-state index contributed by atoms with van der Waals surface area (Å²) >= 11 is 0. The van der Waals surface area contributed by atoms with Crippen LogP contribution < -0.4 is 15.4 Å². The molecule has 0 bridgehead atoms. The Kier molecular flexibility index (Phi) is 9.48. The number of sulfone groups is 1. The number of rotatable bonds is 9. The number of aromatic nitrogens is 1. The summed E-state index contributed by atoms with van der Waals surface area (Å²) in [5.74, 6) is 6.09. The quantitative estimate of drug-likeness (QED) is 0.234. The van der Waals surface area contributed by atoms with Crippen molar-refractivity contribution in [1.29, 1.82) is 0 Å². The summed E-state index contributed by atoms with van der Waals surface area (Å²) in [6.45, 7) is 4.77. The van der Waals surface area contributed by atoms with Gasteiger partial charge in [-0.15, -0.1) is 0 Å². The van der Waals surface area contributed by atoms with E-state index in [1.807, 2.05) is 6.07 Å². The van der Waals surface area contributed by atoms with Crippen LogP contribution in [0.4, 0.5) is 24.5 Å². The lowest BCUT2D eigenvalue weighted by Gasteiger charge is -2.35. The standard InChI is InChI=1S/C31H37F3N4O3S/c1-6-42(39,40)24-13-15-28(30(19-24)41-5)35-16-8-9-23-18-25-27(10-7-11-29(25)38(23)20-31(32,33)34)36-26-14-12-22(37(3)4)17-21(26)2/h7,10-11,13,15,18-19,22,26,35-36H,2,6,12,14,16-17,20H2,1,3-5H3/t22-,26-/m1/s1. The van der Waals surface area contributed by atoms with Crippen LogP contribution in [-0.4, -0.2) is 69.6 Å². The molecule has 7 nitrogen and oxygen atoms in total. The van der Waals surface area contributed by atoms with Crippen LogP contribution in [0.3, 0.4) is 0 Å². The van der Waals surface area contributed by atoms with E-state index >= 15 is 0 Å². The molecule has 4 rings (SSSR count). The van der Waals surface area contributed by atoms with E-state index in [2.05, 4.69) is 48.0 Å². The van der Waals surface area contributed by atoms with E-state index < -0.39 is 22.6 Å². The SMILES string of the molecule is C=C1C[C@H](N(C)C)CC[C@H]1Nc1cccc2c1cc(C#CCNc1ccc(S(=O)(=O)CC)cc1OC)n2CC(F)(F)F. The molecule has 0 saturated heterocycles. The van der Waals surface area contributed by atoms with Crippen molar-refractivity contribution < 1.29 is 26.3 Å². The molecule has 3 aromatic rings. The number of halogens is 3. The smallest absolute Gasteiger partial charge is 0.406 e. The maximum absolute atomic E-state index is 13.6. The van der Waals surface area contributed by atoms with Crippen LogP contribution in [-0.2, 0) is 16.4 Å². The molecule has 0 spiro atoms. The van der Waals surface area contributed by atoms with Crippen molar-refractivity contribution in [1.82, 2.24) is 9.47 Å². The average molecular weight is 603 g/mol. The molecule has 11 heteroatoms. The van der Waals surface area contributed by atoms with Gasteiger partial charge in [-0.3, -0.25) is 0 Å². The lowest BCUT2D eigenvalue weighted by molar-refractivity contribution is -0.140. The van der Waals surface area contributed by atoms with Gasteiger partial charge in [0.05, 0.1) is 41.2 Å². The van der Waals surface area contributed by atoms with Gasteiger partial charge in [-0.05, 0) is 69.6 Å². The van der Waals surface area contributed by atoms with E-state index in [4.69, 9.17) is 4.74 Å². The van der Waals surface area contributed by atoms with Crippen LogP contribution in [0, 0.1) is 11.8 Å². The fraction of sp³-hybridized carbons (Fsp3) is 0.419. The Bertz CT molecular complexity index is 1620. The fourth-order valence-electron chi connectivity index (χ4n) is 5.23. The highest BCUT2D eigenvalue weighted by molar-refractivity contribution is 7.91. The van der Waals surface area contributed by atoms with Gasteiger partial charge >= 0.3 is 6.18 Å². The topological polar surface area (TPSA) is 75.6 Å². The highest BCUT2D eigenvalue weighted by Gasteiger charge is 2.30.